The monoisotopic (exact) mass is 396 g/mol. The number of benzene rings is 1. The van der Waals surface area contributed by atoms with E-state index in [2.05, 4.69) is 45.4 Å². The zero-order chi connectivity index (χ0) is 17.9. The number of carbonyl (C=O) groups is 1. The van der Waals surface area contributed by atoms with Gasteiger partial charge in [0.15, 0.2) is 5.11 Å². The number of nitrogens with one attached hydrogen (secondary N) is 1. The highest BCUT2D eigenvalue weighted by Gasteiger charge is 2.34. The average molecular weight is 397 g/mol. The lowest BCUT2D eigenvalue weighted by Gasteiger charge is -2.39. The van der Waals surface area contributed by atoms with Crippen molar-refractivity contribution in [3.8, 4) is 0 Å². The summed E-state index contributed by atoms with van der Waals surface area (Å²) < 4.78 is 0. The summed E-state index contributed by atoms with van der Waals surface area (Å²) in [6.45, 7) is 10.00. The summed E-state index contributed by atoms with van der Waals surface area (Å²) >= 11 is 5.37. The van der Waals surface area contributed by atoms with E-state index >= 15 is 0 Å². The second-order valence-corrected chi connectivity index (χ2v) is 7.94. The molecule has 0 radical (unpaired) electrons. The third-order valence-electron chi connectivity index (χ3n) is 4.93. The van der Waals surface area contributed by atoms with Crippen LogP contribution in [0.3, 0.4) is 0 Å². The largest absolute Gasteiger partial charge is 0.369 e. The van der Waals surface area contributed by atoms with E-state index in [4.69, 9.17) is 12.2 Å². The summed E-state index contributed by atoms with van der Waals surface area (Å²) in [6.07, 6.45) is 1.46. The Labute approximate surface area is 168 Å². The number of nitrogens with zero attached hydrogens (tertiary/aromatic N) is 3. The number of thiocarbonyl (C=S) groups is 1. The third-order valence-corrected chi connectivity index (χ3v) is 5.26. The molecule has 2 aliphatic heterocycles. The first-order valence-electron chi connectivity index (χ1n) is 9.09. The first kappa shape index (κ1) is 20.9. The minimum atomic E-state index is -0.224. The fourth-order valence-electron chi connectivity index (χ4n) is 3.54. The molecule has 0 unspecified atom stereocenters. The highest BCUT2D eigenvalue weighted by atomic mass is 35.5. The first-order chi connectivity index (χ1) is 11.9. The Morgan fingerprint density at radius 3 is 2.35 bits per heavy atom. The maximum atomic E-state index is 12.3. The van der Waals surface area contributed by atoms with E-state index in [1.807, 2.05) is 13.8 Å². The van der Waals surface area contributed by atoms with Gasteiger partial charge in [-0.3, -0.25) is 14.6 Å². The predicted octanol–water partition coefficient (Wildman–Crippen LogP) is 2.51. The molecule has 0 saturated carbocycles. The first-order valence-corrected chi connectivity index (χ1v) is 9.50. The Morgan fingerprint density at radius 2 is 1.73 bits per heavy atom. The Morgan fingerprint density at radius 1 is 1.08 bits per heavy atom. The fourth-order valence-corrected chi connectivity index (χ4v) is 4.00. The SMILES string of the molecule is CC1(C)CC(=O)N(CCCN2CCN(c3ccccc3)CC2)C(=S)N1.Cl. The number of piperazine rings is 1. The van der Waals surface area contributed by atoms with Crippen molar-refractivity contribution in [1.82, 2.24) is 15.1 Å². The van der Waals surface area contributed by atoms with Crippen LogP contribution in [0.15, 0.2) is 30.3 Å². The number of hydrogen-bond donors (Lipinski definition) is 1. The maximum Gasteiger partial charge on any atom is 0.231 e. The van der Waals surface area contributed by atoms with Crippen LogP contribution in [0.1, 0.15) is 26.7 Å². The molecule has 0 aromatic heterocycles. The van der Waals surface area contributed by atoms with Crippen molar-refractivity contribution >= 4 is 41.3 Å². The molecule has 0 bridgehead atoms. The summed E-state index contributed by atoms with van der Waals surface area (Å²) in [5.74, 6) is 0.141. The molecule has 2 heterocycles. The van der Waals surface area contributed by atoms with Crippen LogP contribution in [-0.2, 0) is 4.79 Å². The van der Waals surface area contributed by atoms with E-state index in [9.17, 15) is 4.79 Å². The van der Waals surface area contributed by atoms with Crippen LogP contribution in [0, 0.1) is 0 Å². The van der Waals surface area contributed by atoms with Gasteiger partial charge in [0.05, 0.1) is 0 Å². The molecule has 2 fully saturated rings. The maximum absolute atomic E-state index is 12.3. The topological polar surface area (TPSA) is 38.8 Å². The van der Waals surface area contributed by atoms with E-state index in [-0.39, 0.29) is 23.9 Å². The van der Waals surface area contributed by atoms with Gasteiger partial charge in [0, 0.05) is 50.4 Å². The molecular formula is C19H29ClN4OS. The van der Waals surface area contributed by atoms with E-state index in [0.29, 0.717) is 18.1 Å². The number of hydrogen-bond acceptors (Lipinski definition) is 4. The third kappa shape index (κ3) is 5.32. The molecule has 1 N–H and O–H groups in total. The van der Waals surface area contributed by atoms with Crippen molar-refractivity contribution < 1.29 is 4.79 Å². The van der Waals surface area contributed by atoms with Gasteiger partial charge in [-0.25, -0.2) is 0 Å². The Hall–Kier alpha value is -1.37. The van der Waals surface area contributed by atoms with Gasteiger partial charge in [-0.2, -0.15) is 0 Å². The normalized spacial score (nSPS) is 20.5. The van der Waals surface area contributed by atoms with E-state index < -0.39 is 0 Å². The molecule has 2 aliphatic rings. The number of carbonyl (C=O) groups excluding carboxylic acids is 1. The highest BCUT2D eigenvalue weighted by Crippen LogP contribution is 2.18. The van der Waals surface area contributed by atoms with Crippen LogP contribution >= 0.6 is 24.6 Å². The van der Waals surface area contributed by atoms with E-state index in [0.717, 1.165) is 39.1 Å². The lowest BCUT2D eigenvalue weighted by Crippen LogP contribution is -2.59. The van der Waals surface area contributed by atoms with Gasteiger partial charge in [0.1, 0.15) is 0 Å². The summed E-state index contributed by atoms with van der Waals surface area (Å²) in [5, 5.41) is 3.84. The van der Waals surface area contributed by atoms with Crippen molar-refractivity contribution in [2.45, 2.75) is 32.2 Å². The van der Waals surface area contributed by atoms with Crippen molar-refractivity contribution in [3.05, 3.63) is 30.3 Å². The van der Waals surface area contributed by atoms with Gasteiger partial charge < -0.3 is 10.2 Å². The summed E-state index contributed by atoms with van der Waals surface area (Å²) in [6, 6.07) is 10.6. The molecule has 5 nitrogen and oxygen atoms in total. The number of amides is 1. The van der Waals surface area contributed by atoms with Crippen LogP contribution < -0.4 is 10.2 Å². The average Bonchev–Trinajstić information content (AvgIpc) is 2.58. The van der Waals surface area contributed by atoms with Gasteiger partial charge in [0.25, 0.3) is 0 Å². The molecule has 0 aliphatic carbocycles. The van der Waals surface area contributed by atoms with Gasteiger partial charge >= 0.3 is 0 Å². The molecule has 1 amide bonds. The Balaban J connectivity index is 0.00000243. The lowest BCUT2D eigenvalue weighted by atomic mass is 9.98. The fraction of sp³-hybridized carbons (Fsp3) is 0.579. The van der Waals surface area contributed by atoms with Crippen LogP contribution in [0.5, 0.6) is 0 Å². The van der Waals surface area contributed by atoms with E-state index in [1.165, 1.54) is 5.69 Å². The van der Waals surface area contributed by atoms with E-state index in [1.54, 1.807) is 4.90 Å². The lowest BCUT2D eigenvalue weighted by molar-refractivity contribution is -0.130. The zero-order valence-electron chi connectivity index (χ0n) is 15.6. The molecule has 2 saturated heterocycles. The van der Waals surface area contributed by atoms with Gasteiger partial charge in [-0.1, -0.05) is 18.2 Å². The molecule has 1 aromatic rings. The molecule has 3 rings (SSSR count). The zero-order valence-corrected chi connectivity index (χ0v) is 17.2. The Bertz CT molecular complexity index is 597. The number of halogens is 1. The van der Waals surface area contributed by atoms with Crippen molar-refractivity contribution in [1.29, 1.82) is 0 Å². The van der Waals surface area contributed by atoms with Gasteiger partial charge in [0.2, 0.25) is 5.91 Å². The quantitative estimate of drug-likeness (QED) is 0.774. The molecule has 144 valence electrons. The van der Waals surface area contributed by atoms with Gasteiger partial charge in [-0.15, -0.1) is 12.4 Å². The number of para-hydroxylation sites is 1. The van der Waals surface area contributed by atoms with Crippen molar-refractivity contribution in [3.63, 3.8) is 0 Å². The predicted molar refractivity (Wildman–Crippen MR) is 113 cm³/mol. The molecule has 0 spiro atoms. The standard InChI is InChI=1S/C19H28N4OS.ClH/c1-19(2)15-17(24)23(18(25)20-19)10-6-9-21-11-13-22(14-12-21)16-7-4-3-5-8-16;/h3-5,7-8H,6,9-15H2,1-2H3,(H,20,25);1H. The van der Waals surface area contributed by atoms with Crippen LogP contribution in [0.4, 0.5) is 5.69 Å². The molecular weight excluding hydrogens is 368 g/mol. The smallest absolute Gasteiger partial charge is 0.231 e. The summed E-state index contributed by atoms with van der Waals surface area (Å²) in [5.41, 5.74) is 1.08. The van der Waals surface area contributed by atoms with Crippen molar-refractivity contribution in [2.24, 2.45) is 0 Å². The minimum Gasteiger partial charge on any atom is -0.369 e. The molecule has 1 aromatic carbocycles. The molecule has 0 atom stereocenters. The minimum absolute atomic E-state index is 0. The van der Waals surface area contributed by atoms with Crippen molar-refractivity contribution in [2.75, 3.05) is 44.2 Å². The van der Waals surface area contributed by atoms with Crippen LogP contribution in [0.25, 0.3) is 0 Å². The second-order valence-electron chi connectivity index (χ2n) is 7.55. The second kappa shape index (κ2) is 9.02. The highest BCUT2D eigenvalue weighted by molar-refractivity contribution is 7.80. The Kier molecular flexibility index (Phi) is 7.26. The summed E-state index contributed by atoms with van der Waals surface area (Å²) in [7, 11) is 0. The number of anilines is 1. The van der Waals surface area contributed by atoms with Gasteiger partial charge in [-0.05, 0) is 51.2 Å². The molecule has 7 heteroatoms. The van der Waals surface area contributed by atoms with Crippen LogP contribution in [-0.4, -0.2) is 65.6 Å². The molecule has 26 heavy (non-hydrogen) atoms. The van der Waals surface area contributed by atoms with Crippen LogP contribution in [0.2, 0.25) is 0 Å². The number of rotatable bonds is 5. The summed E-state index contributed by atoms with van der Waals surface area (Å²) in [4.78, 5) is 18.9.